The number of aromatic amines is 1. The molecule has 11 heteroatoms. The van der Waals surface area contributed by atoms with Gasteiger partial charge in [-0.3, -0.25) is 14.7 Å². The number of aryl methyl sites for hydroxylation is 1. The van der Waals surface area contributed by atoms with E-state index in [-0.39, 0.29) is 40.4 Å². The van der Waals surface area contributed by atoms with Crippen molar-refractivity contribution >= 4 is 11.8 Å². The highest BCUT2D eigenvalue weighted by Gasteiger charge is 2.54. The number of fused-ring (bicyclic) bond motifs is 1. The van der Waals surface area contributed by atoms with Crippen LogP contribution in [0.1, 0.15) is 48.4 Å². The molecule has 3 aromatic heterocycles. The fourth-order valence-electron chi connectivity index (χ4n) is 5.79. The molecule has 2 N–H and O–H groups in total. The summed E-state index contributed by atoms with van der Waals surface area (Å²) in [5.41, 5.74) is 0.553. The molecule has 1 spiro atoms. The molecule has 0 unspecified atom stereocenters. The van der Waals surface area contributed by atoms with Crippen LogP contribution in [0.4, 0.5) is 4.39 Å². The zero-order valence-corrected chi connectivity index (χ0v) is 20.7. The summed E-state index contributed by atoms with van der Waals surface area (Å²) in [5, 5.41) is 10.1. The Morgan fingerprint density at radius 3 is 2.95 bits per heavy atom. The Kier molecular flexibility index (Phi) is 5.92. The number of imidazole rings is 1. The number of likely N-dealkylation sites (tertiary alicyclic amines) is 1. The van der Waals surface area contributed by atoms with E-state index in [0.717, 1.165) is 44.2 Å². The van der Waals surface area contributed by atoms with Crippen molar-refractivity contribution < 1.29 is 18.7 Å². The molecule has 2 aliphatic heterocycles. The van der Waals surface area contributed by atoms with Gasteiger partial charge in [-0.2, -0.15) is 5.10 Å². The Hall–Kier alpha value is -3.76. The highest BCUT2D eigenvalue weighted by atomic mass is 19.1. The average Bonchev–Trinajstić information content (AvgIpc) is 3.31. The van der Waals surface area contributed by atoms with Gasteiger partial charge in [0.05, 0.1) is 19.0 Å². The minimum absolute atomic E-state index is 0.0824. The fraction of sp³-hybridized carbons (Fsp3) is 0.500. The van der Waals surface area contributed by atoms with E-state index in [9.17, 15) is 14.0 Å². The third kappa shape index (κ3) is 4.47. The summed E-state index contributed by atoms with van der Waals surface area (Å²) >= 11 is 0. The number of methoxy groups -OCH3 is 1. The Morgan fingerprint density at radius 1 is 1.27 bits per heavy atom. The van der Waals surface area contributed by atoms with Gasteiger partial charge >= 0.3 is 0 Å². The van der Waals surface area contributed by atoms with Gasteiger partial charge in [0.15, 0.2) is 11.5 Å². The third-order valence-electron chi connectivity index (χ3n) is 8.07. The van der Waals surface area contributed by atoms with Gasteiger partial charge in [0.2, 0.25) is 11.8 Å². The summed E-state index contributed by atoms with van der Waals surface area (Å²) in [5.74, 6) is 1.04. The molecule has 0 bridgehead atoms. The Balaban J connectivity index is 1.08. The van der Waals surface area contributed by atoms with E-state index in [1.54, 1.807) is 6.07 Å². The molecule has 0 aromatic carbocycles. The summed E-state index contributed by atoms with van der Waals surface area (Å²) in [7, 11) is 1.46. The van der Waals surface area contributed by atoms with E-state index >= 15 is 0 Å². The molecule has 37 heavy (non-hydrogen) atoms. The number of nitrogens with one attached hydrogen (secondary N) is 2. The first kappa shape index (κ1) is 23.6. The summed E-state index contributed by atoms with van der Waals surface area (Å²) < 4.78 is 21.6. The van der Waals surface area contributed by atoms with Gasteiger partial charge in [-0.05, 0) is 44.1 Å². The zero-order valence-electron chi connectivity index (χ0n) is 20.7. The van der Waals surface area contributed by atoms with E-state index in [4.69, 9.17) is 4.74 Å². The van der Waals surface area contributed by atoms with Gasteiger partial charge in [0.25, 0.3) is 5.91 Å². The van der Waals surface area contributed by atoms with Gasteiger partial charge in [-0.1, -0.05) is 0 Å². The second-order valence-corrected chi connectivity index (χ2v) is 10.4. The van der Waals surface area contributed by atoms with Crippen LogP contribution in [0.15, 0.2) is 30.7 Å². The maximum Gasteiger partial charge on any atom is 0.274 e. The SMILES string of the molecule is COc1cc(-c2cc(C(=O)N3CC[C@H](C(=O)NC[C@H]4CCc5nccn5C4)CC34CC4)n[nH]2)c(F)cn1. The van der Waals surface area contributed by atoms with E-state index in [2.05, 4.69) is 30.0 Å². The van der Waals surface area contributed by atoms with Crippen LogP contribution in [0, 0.1) is 17.7 Å². The average molecular weight is 508 g/mol. The second-order valence-electron chi connectivity index (χ2n) is 10.4. The van der Waals surface area contributed by atoms with Crippen molar-refractivity contribution in [2.45, 2.75) is 50.6 Å². The molecule has 6 rings (SSSR count). The quantitative estimate of drug-likeness (QED) is 0.530. The number of pyridine rings is 1. The van der Waals surface area contributed by atoms with Crippen LogP contribution in [-0.4, -0.2) is 67.2 Å². The van der Waals surface area contributed by atoms with Gasteiger partial charge in [-0.25, -0.2) is 14.4 Å². The molecular formula is C26H30FN7O3. The van der Waals surface area contributed by atoms with Crippen molar-refractivity contribution in [2.75, 3.05) is 20.2 Å². The number of nitrogens with zero attached hydrogens (tertiary/aromatic N) is 5. The first-order valence-corrected chi connectivity index (χ1v) is 12.8. The molecule has 2 atom stereocenters. The van der Waals surface area contributed by atoms with Crippen molar-refractivity contribution in [1.29, 1.82) is 0 Å². The number of ether oxygens (including phenoxy) is 1. The van der Waals surface area contributed by atoms with Crippen LogP contribution in [0.25, 0.3) is 11.3 Å². The standard InChI is InChI=1S/C26H30FN7O3/c1-37-23-10-18(19(27)14-29-23)20-11-21(32-31-20)25(36)34-8-4-17(12-26(34)5-6-26)24(35)30-13-16-2-3-22-28-7-9-33(22)15-16/h7,9-11,14,16-17H,2-6,8,12-13,15H2,1H3,(H,30,35)(H,31,32)/t16-,17+/m1/s1. The number of amides is 2. The molecule has 1 saturated heterocycles. The molecule has 0 radical (unpaired) electrons. The lowest BCUT2D eigenvalue weighted by molar-refractivity contribution is -0.127. The number of halogens is 1. The number of carbonyl (C=O) groups excluding carboxylic acids is 2. The number of carbonyl (C=O) groups is 2. The Bertz CT molecular complexity index is 1330. The van der Waals surface area contributed by atoms with Crippen LogP contribution >= 0.6 is 0 Å². The van der Waals surface area contributed by atoms with Crippen LogP contribution in [0.2, 0.25) is 0 Å². The molecule has 1 aliphatic carbocycles. The molecule has 2 fully saturated rings. The molecule has 2 amide bonds. The summed E-state index contributed by atoms with van der Waals surface area (Å²) in [6, 6.07) is 3.02. The Labute approximate surface area is 213 Å². The fourth-order valence-corrected chi connectivity index (χ4v) is 5.79. The lowest BCUT2D eigenvalue weighted by Gasteiger charge is -2.39. The molecule has 3 aromatic rings. The van der Waals surface area contributed by atoms with Gasteiger partial charge in [-0.15, -0.1) is 0 Å². The van der Waals surface area contributed by atoms with Gasteiger partial charge in [0, 0.05) is 61.5 Å². The lowest BCUT2D eigenvalue weighted by Crippen LogP contribution is -2.51. The normalized spacial score (nSPS) is 21.9. The van der Waals surface area contributed by atoms with Gasteiger partial charge in [0.1, 0.15) is 5.82 Å². The Morgan fingerprint density at radius 2 is 2.14 bits per heavy atom. The smallest absolute Gasteiger partial charge is 0.274 e. The maximum atomic E-state index is 14.3. The van der Waals surface area contributed by atoms with Crippen LogP contribution in [0.3, 0.4) is 0 Å². The predicted molar refractivity (Wildman–Crippen MR) is 131 cm³/mol. The number of aromatic nitrogens is 5. The largest absolute Gasteiger partial charge is 0.481 e. The van der Waals surface area contributed by atoms with E-state index in [0.29, 0.717) is 37.5 Å². The summed E-state index contributed by atoms with van der Waals surface area (Å²) in [4.78, 5) is 36.5. The first-order valence-electron chi connectivity index (χ1n) is 12.8. The highest BCUT2D eigenvalue weighted by molar-refractivity contribution is 5.94. The number of piperidine rings is 1. The summed E-state index contributed by atoms with van der Waals surface area (Å²) in [6.45, 7) is 2.04. The topological polar surface area (TPSA) is 118 Å². The molecule has 194 valence electrons. The minimum Gasteiger partial charge on any atom is -0.481 e. The van der Waals surface area contributed by atoms with Crippen LogP contribution < -0.4 is 10.1 Å². The zero-order chi connectivity index (χ0) is 25.6. The van der Waals surface area contributed by atoms with E-state index < -0.39 is 5.82 Å². The number of H-pyrrole nitrogens is 1. The van der Waals surface area contributed by atoms with Crippen LogP contribution in [0.5, 0.6) is 5.88 Å². The van der Waals surface area contributed by atoms with Crippen molar-refractivity contribution in [2.24, 2.45) is 11.8 Å². The first-order chi connectivity index (χ1) is 18.0. The maximum absolute atomic E-state index is 14.3. The molecular weight excluding hydrogens is 477 g/mol. The van der Waals surface area contributed by atoms with E-state index in [1.165, 1.54) is 13.2 Å². The molecule has 1 saturated carbocycles. The van der Waals surface area contributed by atoms with E-state index in [1.807, 2.05) is 17.3 Å². The second kappa shape index (κ2) is 9.28. The predicted octanol–water partition coefficient (Wildman–Crippen LogP) is 2.58. The minimum atomic E-state index is -0.535. The lowest BCUT2D eigenvalue weighted by atomic mass is 9.87. The highest BCUT2D eigenvalue weighted by Crippen LogP contribution is 2.50. The van der Waals surface area contributed by atoms with Crippen molar-refractivity contribution in [1.82, 2.24) is 34.9 Å². The number of hydrogen-bond donors (Lipinski definition) is 2. The monoisotopic (exact) mass is 507 g/mol. The molecule has 10 nitrogen and oxygen atoms in total. The van der Waals surface area contributed by atoms with Crippen molar-refractivity contribution in [3.63, 3.8) is 0 Å². The molecule has 3 aliphatic rings. The van der Waals surface area contributed by atoms with Gasteiger partial charge < -0.3 is 19.5 Å². The van der Waals surface area contributed by atoms with Crippen LogP contribution in [-0.2, 0) is 17.8 Å². The number of rotatable bonds is 6. The third-order valence-corrected chi connectivity index (χ3v) is 8.07. The van der Waals surface area contributed by atoms with Crippen molar-refractivity contribution in [3.8, 4) is 17.1 Å². The van der Waals surface area contributed by atoms with Crippen molar-refractivity contribution in [3.05, 3.63) is 48.1 Å². The number of hydrogen-bond acceptors (Lipinski definition) is 6. The molecule has 5 heterocycles. The summed E-state index contributed by atoms with van der Waals surface area (Å²) in [6.07, 6.45) is 9.90.